The average molecular weight is 519 g/mol. The first kappa shape index (κ1) is 22.9. The minimum atomic E-state index is 0.314. The van der Waals surface area contributed by atoms with Crippen LogP contribution < -0.4 is 9.47 Å². The summed E-state index contributed by atoms with van der Waals surface area (Å²) in [7, 11) is 0. The molecule has 33 heavy (non-hydrogen) atoms. The molecule has 164 valence electrons. The maximum absolute atomic E-state index is 9.85. The molecule has 5 heteroatoms. The first-order chi connectivity index (χ1) is 16.1. The van der Waals surface area contributed by atoms with Crippen molar-refractivity contribution in [3.63, 3.8) is 0 Å². The Hall–Kier alpha value is -3.26. The van der Waals surface area contributed by atoms with Gasteiger partial charge in [-0.25, -0.2) is 0 Å². The monoisotopic (exact) mass is 517 g/mol. The van der Waals surface area contributed by atoms with Crippen molar-refractivity contribution < 1.29 is 9.47 Å². The minimum Gasteiger partial charge on any atom is -0.490 e. The highest BCUT2D eigenvalue weighted by molar-refractivity contribution is 9.10. The van der Waals surface area contributed by atoms with E-state index in [1.807, 2.05) is 85.8 Å². The van der Waals surface area contributed by atoms with Gasteiger partial charge in [0.05, 0.1) is 22.7 Å². The highest BCUT2D eigenvalue weighted by atomic mass is 79.9. The van der Waals surface area contributed by atoms with Crippen LogP contribution in [0.4, 0.5) is 0 Å². The van der Waals surface area contributed by atoms with E-state index in [1.54, 1.807) is 0 Å². The van der Waals surface area contributed by atoms with E-state index in [1.165, 1.54) is 0 Å². The van der Waals surface area contributed by atoms with Crippen LogP contribution in [-0.4, -0.2) is 6.61 Å². The Labute approximate surface area is 207 Å². The quantitative estimate of drug-likeness (QED) is 0.182. The molecule has 0 aromatic heterocycles. The van der Waals surface area contributed by atoms with Crippen LogP contribution in [0.5, 0.6) is 11.5 Å². The van der Waals surface area contributed by atoms with Crippen molar-refractivity contribution in [2.24, 2.45) is 0 Å². The van der Waals surface area contributed by atoms with E-state index in [0.717, 1.165) is 31.9 Å². The van der Waals surface area contributed by atoms with Crippen LogP contribution in [0.1, 0.15) is 23.6 Å². The second-order valence-corrected chi connectivity index (χ2v) is 8.64. The number of allylic oxidation sites excluding steroid dienone is 1. The van der Waals surface area contributed by atoms with Gasteiger partial charge in [-0.1, -0.05) is 66.2 Å². The van der Waals surface area contributed by atoms with Gasteiger partial charge in [-0.3, -0.25) is 0 Å². The van der Waals surface area contributed by atoms with Crippen LogP contribution in [0, 0.1) is 11.3 Å². The van der Waals surface area contributed by atoms with Crippen LogP contribution in [0.15, 0.2) is 83.3 Å². The maximum Gasteiger partial charge on any atom is 0.175 e. The summed E-state index contributed by atoms with van der Waals surface area (Å²) in [5, 5.41) is 12.7. The van der Waals surface area contributed by atoms with Crippen molar-refractivity contribution in [2.45, 2.75) is 13.5 Å². The molecule has 4 aromatic carbocycles. The number of hydrogen-bond donors (Lipinski definition) is 0. The van der Waals surface area contributed by atoms with Crippen LogP contribution >= 0.6 is 27.5 Å². The average Bonchev–Trinajstić information content (AvgIpc) is 2.83. The molecule has 0 bridgehead atoms. The van der Waals surface area contributed by atoms with Gasteiger partial charge in [0.15, 0.2) is 11.5 Å². The Morgan fingerprint density at radius 1 is 0.970 bits per heavy atom. The van der Waals surface area contributed by atoms with Gasteiger partial charge >= 0.3 is 0 Å². The maximum atomic E-state index is 9.85. The SMILES string of the molecule is CCOc1cc(/C=C(/C#N)c2ccc3ccccc3c2)cc(Br)c1OCc1ccccc1Cl. The smallest absolute Gasteiger partial charge is 0.175 e. The number of halogens is 2. The van der Waals surface area contributed by atoms with Crippen molar-refractivity contribution in [1.82, 2.24) is 0 Å². The number of benzene rings is 4. The van der Waals surface area contributed by atoms with Gasteiger partial charge in [-0.05, 0) is 75.1 Å². The van der Waals surface area contributed by atoms with E-state index >= 15 is 0 Å². The summed E-state index contributed by atoms with van der Waals surface area (Å²) in [4.78, 5) is 0. The molecule has 0 fully saturated rings. The summed E-state index contributed by atoms with van der Waals surface area (Å²) >= 11 is 9.87. The van der Waals surface area contributed by atoms with Crippen molar-refractivity contribution in [3.8, 4) is 17.6 Å². The summed E-state index contributed by atoms with van der Waals surface area (Å²) in [6, 6.07) is 27.8. The predicted molar refractivity (Wildman–Crippen MR) is 139 cm³/mol. The van der Waals surface area contributed by atoms with Crippen LogP contribution in [0.25, 0.3) is 22.4 Å². The summed E-state index contributed by atoms with van der Waals surface area (Å²) < 4.78 is 12.7. The number of ether oxygens (including phenoxy) is 2. The summed E-state index contributed by atoms with van der Waals surface area (Å²) in [5.41, 5.74) is 3.16. The van der Waals surface area contributed by atoms with Crippen LogP contribution in [0.2, 0.25) is 5.02 Å². The minimum absolute atomic E-state index is 0.314. The number of nitrogens with zero attached hydrogens (tertiary/aromatic N) is 1. The lowest BCUT2D eigenvalue weighted by atomic mass is 10.00. The second kappa shape index (κ2) is 10.6. The summed E-state index contributed by atoms with van der Waals surface area (Å²) in [6.45, 7) is 2.72. The van der Waals surface area contributed by atoms with E-state index < -0.39 is 0 Å². The van der Waals surface area contributed by atoms with E-state index in [-0.39, 0.29) is 0 Å². The molecule has 0 atom stereocenters. The predicted octanol–water partition coefficient (Wildman–Crippen LogP) is 8.30. The van der Waals surface area contributed by atoms with E-state index in [2.05, 4.69) is 28.1 Å². The van der Waals surface area contributed by atoms with E-state index in [9.17, 15) is 5.26 Å². The molecule has 0 heterocycles. The third kappa shape index (κ3) is 5.39. The Bertz CT molecular complexity index is 1370. The van der Waals surface area contributed by atoms with Gasteiger partial charge in [0, 0.05) is 10.6 Å². The van der Waals surface area contributed by atoms with Crippen molar-refractivity contribution >= 4 is 50.0 Å². The molecule has 0 amide bonds. The van der Waals surface area contributed by atoms with E-state index in [0.29, 0.717) is 35.3 Å². The number of nitriles is 1. The molecule has 0 aliphatic rings. The Morgan fingerprint density at radius 2 is 1.73 bits per heavy atom. The van der Waals surface area contributed by atoms with Crippen molar-refractivity contribution in [2.75, 3.05) is 6.61 Å². The van der Waals surface area contributed by atoms with Crippen molar-refractivity contribution in [3.05, 3.63) is 105 Å². The molecule has 0 unspecified atom stereocenters. The largest absolute Gasteiger partial charge is 0.490 e. The molecule has 0 spiro atoms. The Balaban J connectivity index is 1.67. The van der Waals surface area contributed by atoms with Gasteiger partial charge < -0.3 is 9.47 Å². The van der Waals surface area contributed by atoms with Crippen LogP contribution in [0.3, 0.4) is 0 Å². The Morgan fingerprint density at radius 3 is 2.48 bits per heavy atom. The van der Waals surface area contributed by atoms with E-state index in [4.69, 9.17) is 21.1 Å². The number of fused-ring (bicyclic) bond motifs is 1. The number of rotatable bonds is 7. The number of hydrogen-bond acceptors (Lipinski definition) is 3. The fourth-order valence-corrected chi connectivity index (χ4v) is 4.31. The fraction of sp³-hybridized carbons (Fsp3) is 0.107. The zero-order valence-corrected chi connectivity index (χ0v) is 20.4. The molecule has 3 nitrogen and oxygen atoms in total. The zero-order chi connectivity index (χ0) is 23.2. The molecule has 0 N–H and O–H groups in total. The van der Waals surface area contributed by atoms with Gasteiger partial charge in [0.25, 0.3) is 0 Å². The molecule has 0 radical (unpaired) electrons. The molecule has 4 aromatic rings. The van der Waals surface area contributed by atoms with Gasteiger partial charge in [0.2, 0.25) is 0 Å². The lowest BCUT2D eigenvalue weighted by molar-refractivity contribution is 0.267. The standard InChI is InChI=1S/C28H21BrClNO2/c1-2-32-27-15-19(14-25(29)28(27)33-18-23-9-5-6-10-26(23)30)13-24(17-31)22-12-11-20-7-3-4-8-21(20)16-22/h3-16H,2,18H2,1H3/b24-13-. The highest BCUT2D eigenvalue weighted by Gasteiger charge is 2.14. The van der Waals surface area contributed by atoms with Gasteiger partial charge in [0.1, 0.15) is 6.61 Å². The Kier molecular flexibility index (Phi) is 7.34. The summed E-state index contributed by atoms with van der Waals surface area (Å²) in [6.07, 6.45) is 1.86. The topological polar surface area (TPSA) is 42.2 Å². The van der Waals surface area contributed by atoms with Gasteiger partial charge in [-0.2, -0.15) is 5.26 Å². The molecule has 0 aliphatic carbocycles. The normalized spacial score (nSPS) is 11.3. The molecule has 0 saturated heterocycles. The lowest BCUT2D eigenvalue weighted by Gasteiger charge is -2.15. The second-order valence-electron chi connectivity index (χ2n) is 7.37. The third-order valence-electron chi connectivity index (χ3n) is 5.15. The molecule has 4 rings (SSSR count). The molecule has 0 saturated carbocycles. The third-order valence-corrected chi connectivity index (χ3v) is 6.11. The molecular weight excluding hydrogens is 498 g/mol. The summed E-state index contributed by atoms with van der Waals surface area (Å²) in [5.74, 6) is 1.19. The zero-order valence-electron chi connectivity index (χ0n) is 18.0. The molecule has 0 aliphatic heterocycles. The van der Waals surface area contributed by atoms with Crippen molar-refractivity contribution in [1.29, 1.82) is 5.26 Å². The first-order valence-electron chi connectivity index (χ1n) is 10.5. The molecular formula is C28H21BrClNO2. The fourth-order valence-electron chi connectivity index (χ4n) is 3.54. The lowest BCUT2D eigenvalue weighted by Crippen LogP contribution is -2.01. The van der Waals surface area contributed by atoms with Gasteiger partial charge in [-0.15, -0.1) is 0 Å². The van der Waals surface area contributed by atoms with Crippen LogP contribution in [-0.2, 0) is 6.61 Å². The first-order valence-corrected chi connectivity index (χ1v) is 11.7. The highest BCUT2D eigenvalue weighted by Crippen LogP contribution is 2.39.